The Morgan fingerprint density at radius 1 is 1.27 bits per heavy atom. The lowest BCUT2D eigenvalue weighted by atomic mass is 9.71. The van der Waals surface area contributed by atoms with E-state index in [9.17, 15) is 18.0 Å². The minimum atomic E-state index is -3.78. The van der Waals surface area contributed by atoms with Crippen LogP contribution in [0.25, 0.3) is 0 Å². The van der Waals surface area contributed by atoms with E-state index >= 15 is 0 Å². The first-order chi connectivity index (χ1) is 12.4. The fraction of sp³-hybridized carbons (Fsp3) is 0.316. The van der Waals surface area contributed by atoms with Crippen molar-refractivity contribution < 1.29 is 22.7 Å². The summed E-state index contributed by atoms with van der Waals surface area (Å²) in [5.41, 5.74) is -0.829. The predicted octanol–water partition coefficient (Wildman–Crippen LogP) is 1.92. The van der Waals surface area contributed by atoms with Crippen molar-refractivity contribution in [3.05, 3.63) is 54.3 Å². The zero-order valence-electron chi connectivity index (χ0n) is 14.3. The molecule has 0 saturated heterocycles. The third kappa shape index (κ3) is 3.26. The van der Waals surface area contributed by atoms with Crippen LogP contribution in [-0.4, -0.2) is 45.1 Å². The third-order valence-corrected chi connectivity index (χ3v) is 6.21. The molecule has 0 aromatic heterocycles. The maximum absolute atomic E-state index is 12.9. The second-order valence-electron chi connectivity index (χ2n) is 6.25. The summed E-state index contributed by atoms with van der Waals surface area (Å²) in [6.45, 7) is 0.437. The Bertz CT molecular complexity index is 928. The van der Waals surface area contributed by atoms with Crippen LogP contribution in [0.4, 0.5) is 0 Å². The van der Waals surface area contributed by atoms with Gasteiger partial charge < -0.3 is 4.74 Å². The Morgan fingerprint density at radius 2 is 2.00 bits per heavy atom. The molecule has 1 aliphatic heterocycles. The molecule has 6 nitrogen and oxygen atoms in total. The van der Waals surface area contributed by atoms with Crippen molar-refractivity contribution in [1.82, 2.24) is 0 Å². The van der Waals surface area contributed by atoms with Crippen LogP contribution in [0.1, 0.15) is 12.8 Å². The zero-order chi connectivity index (χ0) is 18.8. The van der Waals surface area contributed by atoms with Crippen LogP contribution in [0.3, 0.4) is 0 Å². The van der Waals surface area contributed by atoms with Gasteiger partial charge in [0, 0.05) is 12.6 Å². The summed E-state index contributed by atoms with van der Waals surface area (Å²) in [5, 5.41) is 0. The van der Waals surface area contributed by atoms with Crippen LogP contribution in [0.2, 0.25) is 0 Å². The van der Waals surface area contributed by atoms with E-state index in [-0.39, 0.29) is 16.4 Å². The van der Waals surface area contributed by atoms with Crippen LogP contribution < -0.4 is 0 Å². The molecule has 1 spiro atoms. The van der Waals surface area contributed by atoms with Gasteiger partial charge in [-0.15, -0.1) is 0 Å². The SMILES string of the molecule is COC1=CC(=O)C=CC12CCCN=C2C(=O)CS(=O)(=O)c1ccccc1. The molecule has 0 radical (unpaired) electrons. The summed E-state index contributed by atoms with van der Waals surface area (Å²) < 4.78 is 30.5. The molecule has 0 amide bonds. The van der Waals surface area contributed by atoms with E-state index in [0.29, 0.717) is 25.1 Å². The van der Waals surface area contributed by atoms with Gasteiger partial charge in [0.05, 0.1) is 23.1 Å². The van der Waals surface area contributed by atoms with Gasteiger partial charge in [0.1, 0.15) is 11.5 Å². The fourth-order valence-corrected chi connectivity index (χ4v) is 4.57. The first-order valence-electron chi connectivity index (χ1n) is 8.24. The van der Waals surface area contributed by atoms with E-state index < -0.39 is 26.8 Å². The van der Waals surface area contributed by atoms with Crippen molar-refractivity contribution >= 4 is 27.1 Å². The summed E-state index contributed by atoms with van der Waals surface area (Å²) in [4.78, 5) is 29.0. The number of benzene rings is 1. The van der Waals surface area contributed by atoms with Crippen LogP contribution in [0.15, 0.2) is 64.2 Å². The van der Waals surface area contributed by atoms with Gasteiger partial charge in [-0.05, 0) is 31.1 Å². The highest BCUT2D eigenvalue weighted by Gasteiger charge is 2.45. The molecular weight excluding hydrogens is 354 g/mol. The maximum Gasteiger partial charge on any atom is 0.193 e. The van der Waals surface area contributed by atoms with Gasteiger partial charge in [0.15, 0.2) is 21.4 Å². The maximum atomic E-state index is 12.9. The topological polar surface area (TPSA) is 89.9 Å². The Hall–Kier alpha value is -2.54. The quantitative estimate of drug-likeness (QED) is 0.787. The molecule has 7 heteroatoms. The molecule has 0 fully saturated rings. The minimum Gasteiger partial charge on any atom is -0.500 e. The van der Waals surface area contributed by atoms with Gasteiger partial charge in [-0.3, -0.25) is 14.6 Å². The molecule has 1 unspecified atom stereocenters. The van der Waals surface area contributed by atoms with Crippen LogP contribution >= 0.6 is 0 Å². The predicted molar refractivity (Wildman–Crippen MR) is 96.7 cm³/mol. The van der Waals surface area contributed by atoms with Crippen molar-refractivity contribution in [2.75, 3.05) is 19.4 Å². The molecular formula is C19H19NO5S. The van der Waals surface area contributed by atoms with E-state index in [1.165, 1.54) is 31.4 Å². The Morgan fingerprint density at radius 3 is 2.69 bits per heavy atom. The Labute approximate surface area is 152 Å². The van der Waals surface area contributed by atoms with Crippen LogP contribution in [-0.2, 0) is 24.2 Å². The largest absolute Gasteiger partial charge is 0.500 e. The number of sulfone groups is 1. The average Bonchev–Trinajstić information content (AvgIpc) is 2.64. The summed E-state index contributed by atoms with van der Waals surface area (Å²) in [6, 6.07) is 7.85. The lowest BCUT2D eigenvalue weighted by Crippen LogP contribution is -2.43. The monoisotopic (exact) mass is 373 g/mol. The second-order valence-corrected chi connectivity index (χ2v) is 8.24. The van der Waals surface area contributed by atoms with E-state index in [1.54, 1.807) is 24.3 Å². The van der Waals surface area contributed by atoms with Gasteiger partial charge in [-0.25, -0.2) is 8.42 Å². The highest BCUT2D eigenvalue weighted by molar-refractivity contribution is 7.92. The van der Waals surface area contributed by atoms with Crippen LogP contribution in [0, 0.1) is 5.41 Å². The summed E-state index contributed by atoms with van der Waals surface area (Å²) in [5.74, 6) is -1.15. The van der Waals surface area contributed by atoms with Crippen molar-refractivity contribution in [3.8, 4) is 0 Å². The van der Waals surface area contributed by atoms with Gasteiger partial charge in [-0.2, -0.15) is 0 Å². The lowest BCUT2D eigenvalue weighted by molar-refractivity contribution is -0.112. The number of Topliss-reactive ketones (excluding diaryl/α,β-unsaturated/α-hetero) is 1. The molecule has 26 heavy (non-hydrogen) atoms. The number of ketones is 2. The number of carbonyl (C=O) groups excluding carboxylic acids is 2. The molecule has 3 rings (SSSR count). The van der Waals surface area contributed by atoms with E-state index in [1.807, 2.05) is 0 Å². The number of carbonyl (C=O) groups is 2. The van der Waals surface area contributed by atoms with E-state index in [4.69, 9.17) is 4.74 Å². The molecule has 2 aliphatic rings. The Balaban J connectivity index is 1.95. The number of hydrogen-bond acceptors (Lipinski definition) is 6. The van der Waals surface area contributed by atoms with E-state index in [2.05, 4.69) is 4.99 Å². The van der Waals surface area contributed by atoms with Gasteiger partial charge >= 0.3 is 0 Å². The van der Waals surface area contributed by atoms with E-state index in [0.717, 1.165) is 0 Å². The van der Waals surface area contributed by atoms with Crippen molar-refractivity contribution in [2.24, 2.45) is 10.4 Å². The second kappa shape index (κ2) is 6.99. The molecule has 1 atom stereocenters. The molecule has 1 heterocycles. The number of allylic oxidation sites excluding steroid dienone is 3. The highest BCUT2D eigenvalue weighted by Crippen LogP contribution is 2.41. The van der Waals surface area contributed by atoms with Crippen molar-refractivity contribution in [2.45, 2.75) is 17.7 Å². The molecule has 1 aromatic carbocycles. The summed E-state index contributed by atoms with van der Waals surface area (Å²) in [6.07, 6.45) is 5.56. The number of rotatable bonds is 5. The molecule has 0 N–H and O–H groups in total. The molecule has 136 valence electrons. The molecule has 0 saturated carbocycles. The number of aliphatic imine (C=N–C) groups is 1. The molecule has 1 aromatic rings. The number of hydrogen-bond donors (Lipinski definition) is 0. The fourth-order valence-electron chi connectivity index (χ4n) is 3.35. The first-order valence-corrected chi connectivity index (χ1v) is 9.89. The normalized spacial score (nSPS) is 22.7. The zero-order valence-corrected chi connectivity index (χ0v) is 15.2. The minimum absolute atomic E-state index is 0.0932. The lowest BCUT2D eigenvalue weighted by Gasteiger charge is -2.36. The number of methoxy groups -OCH3 is 1. The number of ether oxygens (including phenoxy) is 1. The summed E-state index contributed by atoms with van der Waals surface area (Å²) in [7, 11) is -2.35. The average molecular weight is 373 g/mol. The van der Waals surface area contributed by atoms with Crippen molar-refractivity contribution in [3.63, 3.8) is 0 Å². The molecule has 0 bridgehead atoms. The standard InChI is InChI=1S/C19H19NO5S/c1-25-17-12-14(21)8-10-19(17)9-5-11-20-18(19)16(22)13-26(23,24)15-6-3-2-4-7-15/h2-4,6-8,10,12H,5,9,11,13H2,1H3. The van der Waals surface area contributed by atoms with Gasteiger partial charge in [0.25, 0.3) is 0 Å². The Kier molecular flexibility index (Phi) is 4.91. The summed E-state index contributed by atoms with van der Waals surface area (Å²) >= 11 is 0. The van der Waals surface area contributed by atoms with Crippen LogP contribution in [0.5, 0.6) is 0 Å². The van der Waals surface area contributed by atoms with Crippen molar-refractivity contribution in [1.29, 1.82) is 0 Å². The third-order valence-electron chi connectivity index (χ3n) is 4.57. The van der Waals surface area contributed by atoms with Gasteiger partial charge in [-0.1, -0.05) is 24.3 Å². The molecule has 1 aliphatic carbocycles. The van der Waals surface area contributed by atoms with Gasteiger partial charge in [0.2, 0.25) is 0 Å². The first kappa shape index (κ1) is 18.3. The number of nitrogens with zero attached hydrogens (tertiary/aromatic N) is 1. The highest BCUT2D eigenvalue weighted by atomic mass is 32.2. The smallest absolute Gasteiger partial charge is 0.193 e.